The van der Waals surface area contributed by atoms with Crippen LogP contribution in [-0.4, -0.2) is 11.0 Å². The summed E-state index contributed by atoms with van der Waals surface area (Å²) in [6.45, 7) is 13.8. The molecule has 22 heavy (non-hydrogen) atoms. The molecule has 0 spiro atoms. The molecule has 1 aliphatic rings. The second kappa shape index (κ2) is 6.39. The van der Waals surface area contributed by atoms with Crippen LogP contribution in [-0.2, 0) is 5.41 Å². The summed E-state index contributed by atoms with van der Waals surface area (Å²) in [5, 5.41) is 0.622. The monoisotopic (exact) mass is 318 g/mol. The van der Waals surface area contributed by atoms with Crippen molar-refractivity contribution in [3.63, 3.8) is 0 Å². The van der Waals surface area contributed by atoms with Gasteiger partial charge in [0.25, 0.3) is 0 Å². The summed E-state index contributed by atoms with van der Waals surface area (Å²) in [4.78, 5) is 13.7. The number of thioether (sulfide) groups is 1. The fourth-order valence-corrected chi connectivity index (χ4v) is 4.84. The van der Waals surface area contributed by atoms with E-state index in [1.54, 1.807) is 0 Å². The Morgan fingerprint density at radius 3 is 2.59 bits per heavy atom. The van der Waals surface area contributed by atoms with Gasteiger partial charge < -0.3 is 0 Å². The van der Waals surface area contributed by atoms with E-state index in [1.165, 1.54) is 16.9 Å². The van der Waals surface area contributed by atoms with E-state index in [2.05, 4.69) is 53.7 Å². The van der Waals surface area contributed by atoms with E-state index < -0.39 is 0 Å². The van der Waals surface area contributed by atoms with E-state index >= 15 is 0 Å². The fraction of sp³-hybridized carbons (Fsp3) is 0.650. The predicted octanol–water partition coefficient (Wildman–Crippen LogP) is 6.25. The third-order valence-corrected chi connectivity index (χ3v) is 6.49. The molecule has 0 aromatic heterocycles. The highest BCUT2D eigenvalue weighted by Gasteiger charge is 2.38. The van der Waals surface area contributed by atoms with Gasteiger partial charge >= 0.3 is 0 Å². The van der Waals surface area contributed by atoms with Crippen LogP contribution in [0, 0.1) is 5.41 Å². The van der Waals surface area contributed by atoms with Crippen molar-refractivity contribution in [1.82, 2.24) is 0 Å². The van der Waals surface area contributed by atoms with Gasteiger partial charge in [0.05, 0.1) is 0 Å². The Labute approximate surface area is 140 Å². The molecule has 0 saturated heterocycles. The van der Waals surface area contributed by atoms with Gasteiger partial charge in [-0.05, 0) is 41.4 Å². The van der Waals surface area contributed by atoms with Gasteiger partial charge in [0.1, 0.15) is 0 Å². The predicted molar refractivity (Wildman–Crippen MR) is 97.0 cm³/mol. The zero-order chi connectivity index (χ0) is 16.5. The van der Waals surface area contributed by atoms with Crippen LogP contribution in [0.3, 0.4) is 0 Å². The summed E-state index contributed by atoms with van der Waals surface area (Å²) in [5.41, 5.74) is 2.70. The highest BCUT2D eigenvalue weighted by molar-refractivity contribution is 8.00. The number of rotatable bonds is 4. The van der Waals surface area contributed by atoms with E-state index in [1.807, 2.05) is 17.8 Å². The number of Topliss-reactive ketones (excluding diaryl/α,β-unsaturated/α-hetero) is 1. The quantitative estimate of drug-likeness (QED) is 0.610. The molecule has 0 radical (unpaired) electrons. The highest BCUT2D eigenvalue weighted by Crippen LogP contribution is 2.50. The first-order chi connectivity index (χ1) is 10.1. The average Bonchev–Trinajstić information content (AvgIpc) is 2.42. The minimum atomic E-state index is 0.138. The smallest absolute Gasteiger partial charge is 0.162 e. The van der Waals surface area contributed by atoms with Crippen LogP contribution in [0.25, 0.3) is 0 Å². The molecule has 0 fully saturated rings. The maximum atomic E-state index is 12.3. The number of unbranched alkanes of at least 4 members (excludes halogenated alkanes) is 1. The van der Waals surface area contributed by atoms with Crippen LogP contribution in [0.4, 0.5) is 0 Å². The Hall–Kier alpha value is -0.760. The molecule has 0 aliphatic carbocycles. The number of benzene rings is 1. The van der Waals surface area contributed by atoms with Gasteiger partial charge in [-0.15, -0.1) is 11.8 Å². The zero-order valence-electron chi connectivity index (χ0n) is 15.0. The lowest BCUT2D eigenvalue weighted by molar-refractivity contribution is 0.0979. The minimum absolute atomic E-state index is 0.138. The van der Waals surface area contributed by atoms with E-state index in [0.29, 0.717) is 22.9 Å². The van der Waals surface area contributed by atoms with Crippen molar-refractivity contribution in [2.75, 3.05) is 0 Å². The van der Waals surface area contributed by atoms with Gasteiger partial charge in [0, 0.05) is 22.1 Å². The molecule has 0 saturated carbocycles. The molecule has 1 heterocycles. The van der Waals surface area contributed by atoms with Gasteiger partial charge in [0.15, 0.2) is 5.78 Å². The fourth-order valence-electron chi connectivity index (χ4n) is 3.07. The number of ketones is 1. The lowest BCUT2D eigenvalue weighted by Gasteiger charge is -2.42. The number of hydrogen-bond donors (Lipinski definition) is 0. The van der Waals surface area contributed by atoms with Crippen LogP contribution in [0.15, 0.2) is 23.1 Å². The van der Waals surface area contributed by atoms with Crippen LogP contribution in [0.2, 0.25) is 0 Å². The summed E-state index contributed by atoms with van der Waals surface area (Å²) < 4.78 is 0. The molecule has 1 atom stereocenters. The van der Waals surface area contributed by atoms with E-state index in [9.17, 15) is 4.79 Å². The van der Waals surface area contributed by atoms with Crippen LogP contribution in [0.5, 0.6) is 0 Å². The van der Waals surface area contributed by atoms with Gasteiger partial charge in [-0.1, -0.05) is 54.0 Å². The summed E-state index contributed by atoms with van der Waals surface area (Å²) in [7, 11) is 0. The average molecular weight is 319 g/mol. The number of fused-ring (bicyclic) bond motifs is 1. The third kappa shape index (κ3) is 3.76. The van der Waals surface area contributed by atoms with Crippen molar-refractivity contribution in [2.24, 2.45) is 5.41 Å². The molecular weight excluding hydrogens is 288 g/mol. The molecule has 1 nitrogen and oxygen atoms in total. The SMILES string of the molecule is CCCCC(=O)c1ccc2c(c1)C(C)(C)CC(C(C)(C)C)S2. The normalized spacial score (nSPS) is 20.5. The zero-order valence-corrected chi connectivity index (χ0v) is 15.8. The van der Waals surface area contributed by atoms with E-state index in [-0.39, 0.29) is 5.41 Å². The van der Waals surface area contributed by atoms with Crippen molar-refractivity contribution in [2.45, 2.75) is 82.8 Å². The summed E-state index contributed by atoms with van der Waals surface area (Å²) in [6, 6.07) is 6.38. The number of hydrogen-bond acceptors (Lipinski definition) is 2. The molecule has 2 rings (SSSR count). The molecule has 0 amide bonds. The topological polar surface area (TPSA) is 17.1 Å². The van der Waals surface area contributed by atoms with Crippen molar-refractivity contribution in [3.05, 3.63) is 29.3 Å². The molecule has 1 unspecified atom stereocenters. The summed E-state index contributed by atoms with van der Waals surface area (Å²) >= 11 is 1.99. The Bertz CT molecular complexity index is 551. The molecule has 0 bridgehead atoms. The number of carbonyl (C=O) groups is 1. The molecule has 1 aromatic carbocycles. The maximum absolute atomic E-state index is 12.3. The van der Waals surface area contributed by atoms with Crippen molar-refractivity contribution in [3.8, 4) is 0 Å². The summed E-state index contributed by atoms with van der Waals surface area (Å²) in [6.07, 6.45) is 3.90. The highest BCUT2D eigenvalue weighted by atomic mass is 32.2. The van der Waals surface area contributed by atoms with Crippen molar-refractivity contribution >= 4 is 17.5 Å². The van der Waals surface area contributed by atoms with Gasteiger partial charge in [-0.2, -0.15) is 0 Å². The van der Waals surface area contributed by atoms with E-state index in [0.717, 1.165) is 18.4 Å². The Morgan fingerprint density at radius 1 is 1.32 bits per heavy atom. The minimum Gasteiger partial charge on any atom is -0.294 e. The molecule has 2 heteroatoms. The first kappa shape index (κ1) is 17.6. The number of carbonyl (C=O) groups excluding carboxylic acids is 1. The van der Waals surface area contributed by atoms with Crippen molar-refractivity contribution < 1.29 is 4.79 Å². The van der Waals surface area contributed by atoms with E-state index in [4.69, 9.17) is 0 Å². The second-order valence-electron chi connectivity index (χ2n) is 8.30. The van der Waals surface area contributed by atoms with Gasteiger partial charge in [-0.25, -0.2) is 0 Å². The van der Waals surface area contributed by atoms with Gasteiger partial charge in [0.2, 0.25) is 0 Å². The Kier molecular flexibility index (Phi) is 5.11. The maximum Gasteiger partial charge on any atom is 0.162 e. The first-order valence-electron chi connectivity index (χ1n) is 8.49. The first-order valence-corrected chi connectivity index (χ1v) is 9.37. The lowest BCUT2D eigenvalue weighted by atomic mass is 9.74. The Balaban J connectivity index is 2.32. The molecule has 1 aliphatic heterocycles. The standard InChI is InChI=1S/C20H30OS/c1-7-8-9-16(21)14-10-11-17-15(12-14)20(5,6)13-18(22-17)19(2,3)4/h10-12,18H,7-9,13H2,1-6H3. The third-order valence-electron chi connectivity index (χ3n) is 4.72. The van der Waals surface area contributed by atoms with Crippen LogP contribution >= 0.6 is 11.8 Å². The molecule has 0 N–H and O–H groups in total. The molecule has 122 valence electrons. The Morgan fingerprint density at radius 2 is 2.00 bits per heavy atom. The van der Waals surface area contributed by atoms with Crippen LogP contribution in [0.1, 0.15) is 83.1 Å². The molecular formula is C20H30OS. The van der Waals surface area contributed by atoms with Crippen molar-refractivity contribution in [1.29, 1.82) is 0 Å². The summed E-state index contributed by atoms with van der Waals surface area (Å²) in [5.74, 6) is 0.295. The van der Waals surface area contributed by atoms with Crippen LogP contribution < -0.4 is 0 Å². The lowest BCUT2D eigenvalue weighted by Crippen LogP contribution is -2.35. The molecule has 1 aromatic rings. The largest absolute Gasteiger partial charge is 0.294 e. The van der Waals surface area contributed by atoms with Gasteiger partial charge in [-0.3, -0.25) is 4.79 Å². The second-order valence-corrected chi connectivity index (χ2v) is 9.54.